The molecule has 1 fully saturated rings. The molecule has 3 aromatic carbocycles. The Morgan fingerprint density at radius 3 is 2.31 bits per heavy atom. The van der Waals surface area contributed by atoms with Crippen LogP contribution in [0.3, 0.4) is 0 Å². The number of carbonyl (C=O) groups is 1. The number of likely N-dealkylation sites (tertiary alicyclic amines) is 1. The Balaban J connectivity index is 1.34. The van der Waals surface area contributed by atoms with E-state index in [4.69, 9.17) is 0 Å². The quantitative estimate of drug-likeness (QED) is 0.666. The minimum absolute atomic E-state index is 0.134. The highest BCUT2D eigenvalue weighted by Crippen LogP contribution is 2.42. The van der Waals surface area contributed by atoms with E-state index in [1.165, 1.54) is 9.87 Å². The van der Waals surface area contributed by atoms with Crippen LogP contribution in [0.5, 0.6) is 0 Å². The first-order chi connectivity index (χ1) is 14.1. The first-order valence-electron chi connectivity index (χ1n) is 9.93. The summed E-state index contributed by atoms with van der Waals surface area (Å²) in [5, 5.41) is 1.59. The van der Waals surface area contributed by atoms with Crippen molar-refractivity contribution in [2.75, 3.05) is 23.9 Å². The highest BCUT2D eigenvalue weighted by atomic mass is 32.2. The zero-order valence-electron chi connectivity index (χ0n) is 16.0. The molecule has 0 bridgehead atoms. The highest BCUT2D eigenvalue weighted by molar-refractivity contribution is 7.93. The van der Waals surface area contributed by atoms with Gasteiger partial charge >= 0.3 is 0 Å². The largest absolute Gasteiger partial charge is 0.341 e. The van der Waals surface area contributed by atoms with Gasteiger partial charge in [-0.2, -0.15) is 0 Å². The van der Waals surface area contributed by atoms with Crippen LogP contribution in [0.1, 0.15) is 24.3 Å². The molecule has 0 aromatic heterocycles. The molecular formula is C23H22N2O3S. The summed E-state index contributed by atoms with van der Waals surface area (Å²) >= 11 is 0. The second kappa shape index (κ2) is 6.88. The Morgan fingerprint density at radius 1 is 0.897 bits per heavy atom. The molecule has 0 spiro atoms. The second-order valence-corrected chi connectivity index (χ2v) is 9.54. The lowest BCUT2D eigenvalue weighted by Gasteiger charge is -2.33. The number of sulfonamides is 1. The van der Waals surface area contributed by atoms with E-state index in [2.05, 4.69) is 12.1 Å². The Kier molecular flexibility index (Phi) is 4.32. The van der Waals surface area contributed by atoms with Crippen LogP contribution in [-0.4, -0.2) is 38.9 Å². The Labute approximate surface area is 170 Å². The van der Waals surface area contributed by atoms with E-state index >= 15 is 0 Å². The van der Waals surface area contributed by atoms with Crippen molar-refractivity contribution in [3.05, 3.63) is 72.3 Å². The van der Waals surface area contributed by atoms with Crippen molar-refractivity contribution in [3.63, 3.8) is 0 Å². The molecule has 0 unspecified atom stereocenters. The molecule has 0 saturated carbocycles. The van der Waals surface area contributed by atoms with Crippen LogP contribution >= 0.6 is 0 Å². The summed E-state index contributed by atoms with van der Waals surface area (Å²) in [6.07, 6.45) is 1.80. The lowest BCUT2D eigenvalue weighted by atomic mass is 9.89. The number of benzene rings is 3. The van der Waals surface area contributed by atoms with Gasteiger partial charge in [0.1, 0.15) is 6.54 Å². The van der Waals surface area contributed by atoms with Crippen LogP contribution in [-0.2, 0) is 14.8 Å². The molecule has 148 valence electrons. The molecular weight excluding hydrogens is 384 g/mol. The van der Waals surface area contributed by atoms with Crippen LogP contribution in [0.4, 0.5) is 5.69 Å². The lowest BCUT2D eigenvalue weighted by Crippen LogP contribution is -2.44. The second-order valence-electron chi connectivity index (χ2n) is 7.71. The van der Waals surface area contributed by atoms with Gasteiger partial charge in [-0.1, -0.05) is 54.6 Å². The highest BCUT2D eigenvalue weighted by Gasteiger charge is 2.37. The van der Waals surface area contributed by atoms with E-state index in [0.717, 1.165) is 18.2 Å². The summed E-state index contributed by atoms with van der Waals surface area (Å²) in [4.78, 5) is 15.1. The fourth-order valence-corrected chi connectivity index (χ4v) is 6.20. The normalized spacial score (nSPS) is 18.3. The predicted molar refractivity (Wildman–Crippen MR) is 113 cm³/mol. The van der Waals surface area contributed by atoms with Crippen molar-refractivity contribution >= 4 is 32.4 Å². The first-order valence-corrected chi connectivity index (χ1v) is 11.4. The summed E-state index contributed by atoms with van der Waals surface area (Å²) in [7, 11) is -3.70. The van der Waals surface area contributed by atoms with Gasteiger partial charge in [-0.05, 0) is 41.8 Å². The monoisotopic (exact) mass is 406 g/mol. The predicted octanol–water partition coefficient (Wildman–Crippen LogP) is 3.75. The SMILES string of the molecule is O=C(CN1c2cccc3cccc(c23)S1(=O)=O)N1CCC(c2ccccc2)CC1. The molecule has 0 aliphatic carbocycles. The number of anilines is 1. The zero-order chi connectivity index (χ0) is 20.0. The number of hydrogen-bond donors (Lipinski definition) is 0. The third-order valence-corrected chi connectivity index (χ3v) is 7.88. The Hall–Kier alpha value is -2.86. The van der Waals surface area contributed by atoms with Gasteiger partial charge in [0.2, 0.25) is 5.91 Å². The maximum Gasteiger partial charge on any atom is 0.265 e. The minimum atomic E-state index is -3.70. The van der Waals surface area contributed by atoms with Gasteiger partial charge in [-0.25, -0.2) is 8.42 Å². The average Bonchev–Trinajstić information content (AvgIpc) is 2.98. The topological polar surface area (TPSA) is 57.7 Å². The minimum Gasteiger partial charge on any atom is -0.341 e. The molecule has 0 N–H and O–H groups in total. The van der Waals surface area contributed by atoms with Crippen LogP contribution in [0.2, 0.25) is 0 Å². The third kappa shape index (κ3) is 2.99. The Bertz CT molecular complexity index is 1180. The van der Waals surface area contributed by atoms with Crippen molar-refractivity contribution in [3.8, 4) is 0 Å². The average molecular weight is 407 g/mol. The third-order valence-electron chi connectivity index (χ3n) is 6.08. The molecule has 5 rings (SSSR count). The number of rotatable bonds is 3. The molecule has 0 atom stereocenters. The standard InChI is InChI=1S/C23H22N2O3S/c26-22(24-14-12-18(13-15-24)17-6-2-1-3-7-17)16-25-20-10-4-8-19-9-5-11-21(23(19)20)29(25,27)28/h1-11,18H,12-16H2. The lowest BCUT2D eigenvalue weighted by molar-refractivity contribution is -0.130. The van der Waals surface area contributed by atoms with Crippen molar-refractivity contribution in [2.45, 2.75) is 23.7 Å². The van der Waals surface area contributed by atoms with E-state index in [-0.39, 0.29) is 12.5 Å². The van der Waals surface area contributed by atoms with Crippen LogP contribution in [0.25, 0.3) is 10.8 Å². The van der Waals surface area contributed by atoms with Gasteiger partial charge in [-0.15, -0.1) is 0 Å². The van der Waals surface area contributed by atoms with E-state index in [9.17, 15) is 13.2 Å². The van der Waals surface area contributed by atoms with Gasteiger partial charge in [-0.3, -0.25) is 9.10 Å². The van der Waals surface area contributed by atoms with Crippen molar-refractivity contribution in [1.82, 2.24) is 4.90 Å². The number of carbonyl (C=O) groups excluding carboxylic acids is 1. The van der Waals surface area contributed by atoms with Crippen LogP contribution in [0.15, 0.2) is 71.6 Å². The molecule has 2 aliphatic rings. The molecule has 1 amide bonds. The molecule has 0 radical (unpaired) electrons. The van der Waals surface area contributed by atoms with Gasteiger partial charge < -0.3 is 4.90 Å². The van der Waals surface area contributed by atoms with Gasteiger partial charge in [0.15, 0.2) is 0 Å². The summed E-state index contributed by atoms with van der Waals surface area (Å²) in [5.74, 6) is 0.318. The van der Waals surface area contributed by atoms with Crippen molar-refractivity contribution in [1.29, 1.82) is 0 Å². The summed E-state index contributed by atoms with van der Waals surface area (Å²) in [5.41, 5.74) is 1.91. The van der Waals surface area contributed by atoms with Crippen LogP contribution < -0.4 is 4.31 Å². The fourth-order valence-electron chi connectivity index (χ4n) is 4.54. The van der Waals surface area contributed by atoms with Gasteiger partial charge in [0, 0.05) is 18.5 Å². The van der Waals surface area contributed by atoms with Crippen molar-refractivity contribution < 1.29 is 13.2 Å². The number of hydrogen-bond acceptors (Lipinski definition) is 3. The fraction of sp³-hybridized carbons (Fsp3) is 0.261. The summed E-state index contributed by atoms with van der Waals surface area (Å²) in [6.45, 7) is 1.17. The van der Waals surface area contributed by atoms with Gasteiger partial charge in [0.25, 0.3) is 10.0 Å². The van der Waals surface area contributed by atoms with Gasteiger partial charge in [0.05, 0.1) is 10.6 Å². The van der Waals surface area contributed by atoms with E-state index in [1.807, 2.05) is 36.4 Å². The van der Waals surface area contributed by atoms with E-state index in [0.29, 0.717) is 35.0 Å². The number of nitrogens with zero attached hydrogens (tertiary/aromatic N) is 2. The molecule has 1 saturated heterocycles. The maximum atomic E-state index is 13.1. The first kappa shape index (κ1) is 18.2. The molecule has 2 heterocycles. The van der Waals surface area contributed by atoms with E-state index in [1.54, 1.807) is 23.1 Å². The molecule has 5 nitrogen and oxygen atoms in total. The zero-order valence-corrected chi connectivity index (χ0v) is 16.8. The molecule has 6 heteroatoms. The number of piperidine rings is 1. The Morgan fingerprint density at radius 2 is 1.59 bits per heavy atom. The summed E-state index contributed by atoms with van der Waals surface area (Å²) in [6, 6.07) is 21.2. The summed E-state index contributed by atoms with van der Waals surface area (Å²) < 4.78 is 27.4. The number of amides is 1. The molecule has 3 aromatic rings. The van der Waals surface area contributed by atoms with Crippen LogP contribution in [0, 0.1) is 0 Å². The molecule has 2 aliphatic heterocycles. The molecule has 29 heavy (non-hydrogen) atoms. The smallest absolute Gasteiger partial charge is 0.265 e. The maximum absolute atomic E-state index is 13.1. The van der Waals surface area contributed by atoms with E-state index < -0.39 is 10.0 Å². The van der Waals surface area contributed by atoms with Crippen molar-refractivity contribution in [2.24, 2.45) is 0 Å².